The highest BCUT2D eigenvalue weighted by Crippen LogP contribution is 2.47. The Kier molecular flexibility index (Phi) is 20.0. The van der Waals surface area contributed by atoms with Crippen LogP contribution in [0.15, 0.2) is 61.7 Å². The largest absolute Gasteiger partial charge is 0.504 e. The van der Waals surface area contributed by atoms with Gasteiger partial charge in [0.05, 0.1) is 33.0 Å². The third-order valence-electron chi connectivity index (χ3n) is 10.3. The second-order valence-corrected chi connectivity index (χ2v) is 14.9. The molecule has 6 nitrogen and oxygen atoms in total. The van der Waals surface area contributed by atoms with Crippen molar-refractivity contribution in [3.05, 3.63) is 61.7 Å². The van der Waals surface area contributed by atoms with E-state index in [2.05, 4.69) is 58.2 Å². The lowest BCUT2D eigenvalue weighted by molar-refractivity contribution is 0.259. The zero-order valence-corrected chi connectivity index (χ0v) is 34.5. The fourth-order valence-electron chi connectivity index (χ4n) is 7.05. The zero-order chi connectivity index (χ0) is 39.1. The molecule has 1 N–H and O–H groups in total. The van der Waals surface area contributed by atoms with Crippen LogP contribution in [-0.2, 0) is 0 Å². The molecule has 0 bridgehead atoms. The molecule has 55 heavy (non-hydrogen) atoms. The lowest BCUT2D eigenvalue weighted by atomic mass is 9.93. The fourth-order valence-corrected chi connectivity index (χ4v) is 7.05. The van der Waals surface area contributed by atoms with Crippen LogP contribution in [0.3, 0.4) is 0 Å². The first-order valence-electron chi connectivity index (χ1n) is 21.7. The zero-order valence-electron chi connectivity index (χ0n) is 34.5. The molecule has 0 fully saturated rings. The van der Waals surface area contributed by atoms with E-state index in [4.69, 9.17) is 23.7 Å². The Morgan fingerprint density at radius 3 is 0.982 bits per heavy atom. The van der Waals surface area contributed by atoms with Gasteiger partial charge in [-0.05, 0) is 127 Å². The van der Waals surface area contributed by atoms with Crippen molar-refractivity contribution in [3.8, 4) is 34.5 Å². The molecule has 4 rings (SSSR count). The minimum Gasteiger partial charge on any atom is -0.504 e. The number of rotatable bonds is 31. The second-order valence-electron chi connectivity index (χ2n) is 14.9. The van der Waals surface area contributed by atoms with Crippen molar-refractivity contribution in [3.63, 3.8) is 0 Å². The van der Waals surface area contributed by atoms with Crippen LogP contribution in [-0.4, -0.2) is 38.1 Å². The molecule has 0 saturated carbocycles. The summed E-state index contributed by atoms with van der Waals surface area (Å²) < 4.78 is 32.3. The predicted octanol–water partition coefficient (Wildman–Crippen LogP) is 14.6. The third kappa shape index (κ3) is 13.6. The van der Waals surface area contributed by atoms with Crippen LogP contribution >= 0.6 is 0 Å². The van der Waals surface area contributed by atoms with E-state index >= 15 is 0 Å². The molecule has 0 aliphatic heterocycles. The Labute approximate surface area is 332 Å². The number of aromatic hydroxyl groups is 1. The Hall–Kier alpha value is -4.06. The standard InChI is InChI=1S/C49H70O6/c1-6-11-16-18-20-25-30-54-48-35-41-39-33-45(51-27-22-13-8-3)44(50)32-38(39)40-34-46(52-28-23-14-9-4)49(55-31-26-21-19-17-12-7-2)36-42(40)43(41)37-47(48)53-29-24-15-10-5/h6-7,32-37,50H,1-2,8-31H2,3-5H3. The summed E-state index contributed by atoms with van der Waals surface area (Å²) in [4.78, 5) is 0. The lowest BCUT2D eigenvalue weighted by Crippen LogP contribution is -2.04. The summed E-state index contributed by atoms with van der Waals surface area (Å²) >= 11 is 0. The molecular formula is C49H70O6. The molecule has 0 aliphatic rings. The van der Waals surface area contributed by atoms with Gasteiger partial charge in [0.1, 0.15) is 0 Å². The first kappa shape index (κ1) is 43.7. The van der Waals surface area contributed by atoms with Crippen LogP contribution in [0.25, 0.3) is 32.3 Å². The van der Waals surface area contributed by atoms with Crippen molar-refractivity contribution in [2.45, 2.75) is 143 Å². The van der Waals surface area contributed by atoms with E-state index in [9.17, 15) is 5.11 Å². The Morgan fingerprint density at radius 1 is 0.382 bits per heavy atom. The summed E-state index contributed by atoms with van der Waals surface area (Å²) in [6.07, 6.45) is 24.5. The minimum atomic E-state index is 0.135. The van der Waals surface area contributed by atoms with Crippen molar-refractivity contribution in [2.75, 3.05) is 33.0 Å². The second kappa shape index (κ2) is 25.2. The summed E-state index contributed by atoms with van der Waals surface area (Å²) in [5.41, 5.74) is 0. The van der Waals surface area contributed by atoms with Gasteiger partial charge in [0.25, 0.3) is 0 Å². The van der Waals surface area contributed by atoms with E-state index in [0.29, 0.717) is 38.8 Å². The maximum atomic E-state index is 11.4. The molecule has 6 heteroatoms. The lowest BCUT2D eigenvalue weighted by Gasteiger charge is -2.20. The quantitative estimate of drug-likeness (QED) is 0.0313. The summed E-state index contributed by atoms with van der Waals surface area (Å²) in [7, 11) is 0. The van der Waals surface area contributed by atoms with Gasteiger partial charge in [-0.25, -0.2) is 0 Å². The predicted molar refractivity (Wildman–Crippen MR) is 233 cm³/mol. The highest BCUT2D eigenvalue weighted by atomic mass is 16.5. The van der Waals surface area contributed by atoms with Crippen LogP contribution in [0.5, 0.6) is 34.5 Å². The molecule has 302 valence electrons. The number of fused-ring (bicyclic) bond motifs is 6. The maximum absolute atomic E-state index is 11.4. The summed E-state index contributed by atoms with van der Waals surface area (Å²) in [5.74, 6) is 3.62. The van der Waals surface area contributed by atoms with Crippen molar-refractivity contribution in [2.24, 2.45) is 0 Å². The van der Waals surface area contributed by atoms with Gasteiger partial charge in [-0.15, -0.1) is 13.2 Å². The summed E-state index contributed by atoms with van der Waals surface area (Å²) in [6.45, 7) is 17.3. The molecule has 0 spiro atoms. The molecule has 0 saturated heterocycles. The summed E-state index contributed by atoms with van der Waals surface area (Å²) in [6, 6.07) is 12.4. The minimum absolute atomic E-state index is 0.135. The van der Waals surface area contributed by atoms with Crippen LogP contribution < -0.4 is 23.7 Å². The SMILES string of the molecule is C=CCCCCCCOc1cc2c3cc(OCCCCC)c(O)cc3c3cc(OCCCCC)c(OCCCCCCC=C)cc3c2cc1OCCCCC. The number of phenolic OH excluding ortho intramolecular Hbond substituents is 1. The van der Waals surface area contributed by atoms with Gasteiger partial charge < -0.3 is 28.8 Å². The average molecular weight is 755 g/mol. The molecule has 0 aromatic heterocycles. The number of ether oxygens (including phenoxy) is 5. The van der Waals surface area contributed by atoms with E-state index in [1.54, 1.807) is 0 Å². The molecule has 4 aromatic rings. The van der Waals surface area contributed by atoms with E-state index < -0.39 is 0 Å². The number of unbranched alkanes of at least 4 members (excludes halogenated alkanes) is 14. The average Bonchev–Trinajstić information content (AvgIpc) is 3.19. The maximum Gasteiger partial charge on any atom is 0.161 e. The molecule has 0 aliphatic carbocycles. The van der Waals surface area contributed by atoms with E-state index in [-0.39, 0.29) is 5.75 Å². The van der Waals surface area contributed by atoms with E-state index in [0.717, 1.165) is 164 Å². The van der Waals surface area contributed by atoms with Gasteiger partial charge in [0.15, 0.2) is 34.5 Å². The number of hydrogen-bond acceptors (Lipinski definition) is 6. The highest BCUT2D eigenvalue weighted by Gasteiger charge is 2.20. The molecule has 0 heterocycles. The number of benzene rings is 4. The molecule has 0 unspecified atom stereocenters. The van der Waals surface area contributed by atoms with Crippen molar-refractivity contribution in [1.29, 1.82) is 0 Å². The third-order valence-corrected chi connectivity index (χ3v) is 10.3. The van der Waals surface area contributed by atoms with Gasteiger partial charge >= 0.3 is 0 Å². The van der Waals surface area contributed by atoms with E-state index in [1.807, 2.05) is 24.3 Å². The topological polar surface area (TPSA) is 66.4 Å². The highest BCUT2D eigenvalue weighted by molar-refractivity contribution is 6.26. The van der Waals surface area contributed by atoms with Crippen molar-refractivity contribution < 1.29 is 28.8 Å². The van der Waals surface area contributed by atoms with Gasteiger partial charge in [-0.1, -0.05) is 97.1 Å². The van der Waals surface area contributed by atoms with Gasteiger partial charge in [0, 0.05) is 0 Å². The normalized spacial score (nSPS) is 11.3. The Balaban J connectivity index is 1.85. The number of phenols is 1. The van der Waals surface area contributed by atoms with Gasteiger partial charge in [-0.3, -0.25) is 0 Å². The molecule has 0 radical (unpaired) electrons. The van der Waals surface area contributed by atoms with Crippen molar-refractivity contribution >= 4 is 32.3 Å². The van der Waals surface area contributed by atoms with Crippen LogP contribution in [0.4, 0.5) is 0 Å². The molecule has 0 atom stereocenters. The van der Waals surface area contributed by atoms with Crippen molar-refractivity contribution in [1.82, 2.24) is 0 Å². The molecular weight excluding hydrogens is 685 g/mol. The Bertz CT molecular complexity index is 1690. The number of allylic oxidation sites excluding steroid dienone is 2. The van der Waals surface area contributed by atoms with Crippen LogP contribution in [0, 0.1) is 0 Å². The molecule has 0 amide bonds. The summed E-state index contributed by atoms with van der Waals surface area (Å²) in [5, 5.41) is 17.4. The van der Waals surface area contributed by atoms with Gasteiger partial charge in [0.2, 0.25) is 0 Å². The smallest absolute Gasteiger partial charge is 0.161 e. The Morgan fingerprint density at radius 2 is 0.655 bits per heavy atom. The van der Waals surface area contributed by atoms with Crippen LogP contribution in [0.1, 0.15) is 143 Å². The van der Waals surface area contributed by atoms with Gasteiger partial charge in [-0.2, -0.15) is 0 Å². The van der Waals surface area contributed by atoms with Crippen LogP contribution in [0.2, 0.25) is 0 Å². The number of hydrogen-bond donors (Lipinski definition) is 1. The fraction of sp³-hybridized carbons (Fsp3) is 0.551. The van der Waals surface area contributed by atoms with E-state index in [1.165, 1.54) is 12.8 Å². The molecule has 4 aromatic carbocycles. The first-order chi connectivity index (χ1) is 27.1. The first-order valence-corrected chi connectivity index (χ1v) is 21.7. The monoisotopic (exact) mass is 755 g/mol.